The topological polar surface area (TPSA) is 46.2 Å². The van der Waals surface area contributed by atoms with E-state index in [1.54, 1.807) is 13.8 Å². The lowest BCUT2D eigenvalue weighted by atomic mass is 9.94. The first-order valence-corrected chi connectivity index (χ1v) is 4.38. The number of hydrogen-bond donors (Lipinski definition) is 1. The van der Waals surface area contributed by atoms with Crippen LogP contribution in [0.2, 0.25) is 0 Å². The molecule has 1 rings (SSSR count). The summed E-state index contributed by atoms with van der Waals surface area (Å²) in [5.74, 6) is 0.280. The summed E-state index contributed by atoms with van der Waals surface area (Å²) in [7, 11) is 0. The third kappa shape index (κ3) is 2.14. The summed E-state index contributed by atoms with van der Waals surface area (Å²) in [5, 5.41) is 3.05. The normalized spacial score (nSPS) is 29.8. The molecule has 68 valence electrons. The number of rotatable bonds is 2. The fourth-order valence-corrected chi connectivity index (χ4v) is 1.58. The highest BCUT2D eigenvalue weighted by atomic mass is 16.1. The second kappa shape index (κ2) is 3.81. The first kappa shape index (κ1) is 9.39. The molecule has 2 unspecified atom stereocenters. The van der Waals surface area contributed by atoms with Crippen molar-refractivity contribution in [2.24, 2.45) is 0 Å². The van der Waals surface area contributed by atoms with Gasteiger partial charge in [-0.2, -0.15) is 0 Å². The molecule has 0 radical (unpaired) electrons. The van der Waals surface area contributed by atoms with Gasteiger partial charge in [-0.25, -0.2) is 0 Å². The Bertz CT molecular complexity index is 181. The average molecular weight is 169 g/mol. The van der Waals surface area contributed by atoms with E-state index in [0.29, 0.717) is 0 Å². The van der Waals surface area contributed by atoms with Crippen molar-refractivity contribution in [3.8, 4) is 0 Å². The van der Waals surface area contributed by atoms with Gasteiger partial charge in [0.2, 0.25) is 0 Å². The largest absolute Gasteiger partial charge is 0.298 e. The third-order valence-corrected chi connectivity index (χ3v) is 2.37. The van der Waals surface area contributed by atoms with E-state index in [1.165, 1.54) is 0 Å². The monoisotopic (exact) mass is 169 g/mol. The van der Waals surface area contributed by atoms with Crippen molar-refractivity contribution >= 4 is 11.6 Å². The van der Waals surface area contributed by atoms with Crippen molar-refractivity contribution < 1.29 is 9.59 Å². The first-order chi connectivity index (χ1) is 5.61. The van der Waals surface area contributed by atoms with Crippen molar-refractivity contribution in [3.05, 3.63) is 0 Å². The van der Waals surface area contributed by atoms with E-state index in [9.17, 15) is 9.59 Å². The van der Waals surface area contributed by atoms with E-state index in [0.717, 1.165) is 19.3 Å². The summed E-state index contributed by atoms with van der Waals surface area (Å²) in [6.45, 7) is 3.14. The summed E-state index contributed by atoms with van der Waals surface area (Å²) in [5.41, 5.74) is 0. The Kier molecular flexibility index (Phi) is 2.98. The predicted molar refractivity (Wildman–Crippen MR) is 45.9 cm³/mol. The second-order valence-corrected chi connectivity index (χ2v) is 3.42. The molecule has 0 spiro atoms. The zero-order chi connectivity index (χ0) is 9.14. The Morgan fingerprint density at radius 1 is 1.08 bits per heavy atom. The number of carbonyl (C=O) groups is 2. The van der Waals surface area contributed by atoms with E-state index in [2.05, 4.69) is 5.32 Å². The molecule has 0 bridgehead atoms. The van der Waals surface area contributed by atoms with Crippen LogP contribution in [-0.4, -0.2) is 23.7 Å². The molecule has 12 heavy (non-hydrogen) atoms. The van der Waals surface area contributed by atoms with E-state index < -0.39 is 0 Å². The molecule has 0 saturated carbocycles. The fraction of sp³-hybridized carbons (Fsp3) is 0.778. The Morgan fingerprint density at radius 2 is 1.50 bits per heavy atom. The quantitative estimate of drug-likeness (QED) is 0.661. The van der Waals surface area contributed by atoms with Crippen LogP contribution in [0.1, 0.15) is 33.1 Å². The highest BCUT2D eigenvalue weighted by molar-refractivity contribution is 5.85. The Hall–Kier alpha value is -0.700. The predicted octanol–water partition coefficient (Wildman–Crippen LogP) is 0.675. The smallest absolute Gasteiger partial charge is 0.146 e. The van der Waals surface area contributed by atoms with Crippen LogP contribution in [0.4, 0.5) is 0 Å². The zero-order valence-corrected chi connectivity index (χ0v) is 7.59. The van der Waals surface area contributed by atoms with E-state index in [-0.39, 0.29) is 23.7 Å². The molecule has 3 heteroatoms. The molecule has 1 saturated heterocycles. The maximum absolute atomic E-state index is 11.0. The highest BCUT2D eigenvalue weighted by Gasteiger charge is 2.25. The molecular weight excluding hydrogens is 154 g/mol. The SMILES string of the molecule is CC(=O)C1CCCC(C(C)=O)N1. The van der Waals surface area contributed by atoms with Crippen LogP contribution in [0.5, 0.6) is 0 Å². The van der Waals surface area contributed by atoms with Gasteiger partial charge in [0.05, 0.1) is 12.1 Å². The van der Waals surface area contributed by atoms with Crippen LogP contribution in [0, 0.1) is 0 Å². The molecule has 1 aliphatic rings. The maximum Gasteiger partial charge on any atom is 0.146 e. The van der Waals surface area contributed by atoms with Crippen LogP contribution in [0.25, 0.3) is 0 Å². The van der Waals surface area contributed by atoms with Crippen LogP contribution in [0.3, 0.4) is 0 Å². The molecule has 0 aromatic rings. The number of Topliss-reactive ketones (excluding diaryl/α,β-unsaturated/α-hetero) is 2. The van der Waals surface area contributed by atoms with Gasteiger partial charge < -0.3 is 0 Å². The first-order valence-electron chi connectivity index (χ1n) is 4.38. The minimum Gasteiger partial charge on any atom is -0.298 e. The minimum absolute atomic E-state index is 0.0901. The molecule has 0 aliphatic carbocycles. The summed E-state index contributed by atoms with van der Waals surface area (Å²) in [4.78, 5) is 22.0. The molecule has 0 aromatic heterocycles. The molecule has 0 amide bonds. The summed E-state index contributed by atoms with van der Waals surface area (Å²) < 4.78 is 0. The number of carbonyl (C=O) groups excluding carboxylic acids is 2. The molecule has 0 aromatic carbocycles. The Morgan fingerprint density at radius 3 is 1.83 bits per heavy atom. The van der Waals surface area contributed by atoms with Crippen molar-refractivity contribution in [3.63, 3.8) is 0 Å². The molecular formula is C9H15NO2. The molecule has 1 aliphatic heterocycles. The highest BCUT2D eigenvalue weighted by Crippen LogP contribution is 2.13. The van der Waals surface area contributed by atoms with Crippen LogP contribution in [0.15, 0.2) is 0 Å². The number of ketones is 2. The second-order valence-electron chi connectivity index (χ2n) is 3.42. The average Bonchev–Trinajstić information content (AvgIpc) is 2.04. The van der Waals surface area contributed by atoms with Crippen molar-refractivity contribution in [1.82, 2.24) is 5.32 Å². The van der Waals surface area contributed by atoms with Crippen LogP contribution < -0.4 is 5.32 Å². The zero-order valence-electron chi connectivity index (χ0n) is 7.59. The van der Waals surface area contributed by atoms with Crippen molar-refractivity contribution in [1.29, 1.82) is 0 Å². The number of hydrogen-bond acceptors (Lipinski definition) is 3. The van der Waals surface area contributed by atoms with Crippen molar-refractivity contribution in [2.75, 3.05) is 0 Å². The lowest BCUT2D eigenvalue weighted by molar-refractivity contribution is -0.122. The molecule has 3 nitrogen and oxygen atoms in total. The lowest BCUT2D eigenvalue weighted by Gasteiger charge is -2.27. The minimum atomic E-state index is -0.0901. The number of piperidine rings is 1. The summed E-state index contributed by atoms with van der Waals surface area (Å²) in [6.07, 6.45) is 2.72. The number of nitrogens with one attached hydrogen (secondary N) is 1. The van der Waals surface area contributed by atoms with Gasteiger partial charge >= 0.3 is 0 Å². The van der Waals surface area contributed by atoms with E-state index >= 15 is 0 Å². The standard InChI is InChI=1S/C9H15NO2/c1-6(11)8-4-3-5-9(10-8)7(2)12/h8-10H,3-5H2,1-2H3. The van der Waals surface area contributed by atoms with Crippen LogP contribution in [-0.2, 0) is 9.59 Å². The molecule has 1 heterocycles. The van der Waals surface area contributed by atoms with Gasteiger partial charge in [0.15, 0.2) is 0 Å². The van der Waals surface area contributed by atoms with Crippen LogP contribution >= 0.6 is 0 Å². The van der Waals surface area contributed by atoms with Crippen molar-refractivity contribution in [2.45, 2.75) is 45.2 Å². The van der Waals surface area contributed by atoms with Gasteiger partial charge in [-0.1, -0.05) is 0 Å². The maximum atomic E-state index is 11.0. The van der Waals surface area contributed by atoms with Gasteiger partial charge in [0.25, 0.3) is 0 Å². The lowest BCUT2D eigenvalue weighted by Crippen LogP contribution is -2.48. The third-order valence-electron chi connectivity index (χ3n) is 2.37. The van der Waals surface area contributed by atoms with Gasteiger partial charge in [-0.3, -0.25) is 14.9 Å². The Labute approximate surface area is 72.5 Å². The summed E-state index contributed by atoms with van der Waals surface area (Å²) in [6, 6.07) is -0.180. The molecule has 2 atom stereocenters. The van der Waals surface area contributed by atoms with E-state index in [1.807, 2.05) is 0 Å². The summed E-state index contributed by atoms with van der Waals surface area (Å²) >= 11 is 0. The van der Waals surface area contributed by atoms with Gasteiger partial charge in [-0.05, 0) is 33.1 Å². The van der Waals surface area contributed by atoms with Gasteiger partial charge in [-0.15, -0.1) is 0 Å². The van der Waals surface area contributed by atoms with Gasteiger partial charge in [0.1, 0.15) is 11.6 Å². The fourth-order valence-electron chi connectivity index (χ4n) is 1.58. The molecule has 1 N–H and O–H groups in total. The molecule has 1 fully saturated rings. The van der Waals surface area contributed by atoms with E-state index in [4.69, 9.17) is 0 Å². The Balaban J connectivity index is 2.51. The van der Waals surface area contributed by atoms with Gasteiger partial charge in [0, 0.05) is 0 Å².